The van der Waals surface area contributed by atoms with Crippen LogP contribution < -0.4 is 4.74 Å². The Labute approximate surface area is 154 Å². The van der Waals surface area contributed by atoms with Crippen LogP contribution in [0.1, 0.15) is 30.0 Å². The first kappa shape index (κ1) is 16.9. The second-order valence-electron chi connectivity index (χ2n) is 6.95. The van der Waals surface area contributed by atoms with Crippen LogP contribution in [0.3, 0.4) is 0 Å². The SMILES string of the molecule is COc1ccc(-c2ncc(CN3CCC(c4ccccc4)CC3)[nH]2)cc1. The van der Waals surface area contributed by atoms with Crippen LogP contribution in [0.5, 0.6) is 5.75 Å². The molecule has 0 aliphatic carbocycles. The number of nitrogens with zero attached hydrogens (tertiary/aromatic N) is 2. The van der Waals surface area contributed by atoms with E-state index in [0.717, 1.165) is 36.8 Å². The van der Waals surface area contributed by atoms with Crippen LogP contribution in [0, 0.1) is 0 Å². The molecule has 3 aromatic rings. The summed E-state index contributed by atoms with van der Waals surface area (Å²) in [6, 6.07) is 18.9. The number of hydrogen-bond acceptors (Lipinski definition) is 3. The Morgan fingerprint density at radius 2 is 1.77 bits per heavy atom. The molecule has 4 nitrogen and oxygen atoms in total. The summed E-state index contributed by atoms with van der Waals surface area (Å²) in [5, 5.41) is 0. The van der Waals surface area contributed by atoms with Gasteiger partial charge >= 0.3 is 0 Å². The Morgan fingerprint density at radius 1 is 1.04 bits per heavy atom. The molecule has 0 bridgehead atoms. The van der Waals surface area contributed by atoms with Crippen LogP contribution in [0.15, 0.2) is 60.8 Å². The minimum atomic E-state index is 0.698. The molecule has 0 radical (unpaired) electrons. The molecule has 0 saturated carbocycles. The number of benzene rings is 2. The number of imidazole rings is 1. The van der Waals surface area contributed by atoms with Crippen molar-refractivity contribution in [2.45, 2.75) is 25.3 Å². The average molecular weight is 347 g/mol. The number of methoxy groups -OCH3 is 1. The largest absolute Gasteiger partial charge is 0.497 e. The van der Waals surface area contributed by atoms with Crippen molar-refractivity contribution in [3.8, 4) is 17.1 Å². The summed E-state index contributed by atoms with van der Waals surface area (Å²) < 4.78 is 5.21. The van der Waals surface area contributed by atoms with Crippen LogP contribution in [0.4, 0.5) is 0 Å². The van der Waals surface area contributed by atoms with Crippen molar-refractivity contribution in [2.24, 2.45) is 0 Å². The van der Waals surface area contributed by atoms with Crippen molar-refractivity contribution >= 4 is 0 Å². The zero-order valence-electron chi connectivity index (χ0n) is 15.2. The molecule has 1 saturated heterocycles. The van der Waals surface area contributed by atoms with E-state index in [1.807, 2.05) is 30.5 Å². The van der Waals surface area contributed by atoms with E-state index in [2.05, 4.69) is 45.2 Å². The monoisotopic (exact) mass is 347 g/mol. The first-order valence-electron chi connectivity index (χ1n) is 9.27. The summed E-state index contributed by atoms with van der Waals surface area (Å²) in [4.78, 5) is 10.5. The molecule has 1 fully saturated rings. The van der Waals surface area contributed by atoms with Gasteiger partial charge in [0.05, 0.1) is 7.11 Å². The number of ether oxygens (including phenoxy) is 1. The van der Waals surface area contributed by atoms with Crippen molar-refractivity contribution in [2.75, 3.05) is 20.2 Å². The van der Waals surface area contributed by atoms with Crippen LogP contribution in [-0.4, -0.2) is 35.1 Å². The predicted molar refractivity (Wildman–Crippen MR) is 104 cm³/mol. The van der Waals surface area contributed by atoms with E-state index in [1.54, 1.807) is 7.11 Å². The van der Waals surface area contributed by atoms with Gasteiger partial charge in [-0.3, -0.25) is 4.90 Å². The third kappa shape index (κ3) is 3.81. The van der Waals surface area contributed by atoms with Crippen LogP contribution >= 0.6 is 0 Å². The molecule has 0 atom stereocenters. The summed E-state index contributed by atoms with van der Waals surface area (Å²) >= 11 is 0. The summed E-state index contributed by atoms with van der Waals surface area (Å²) in [5.74, 6) is 2.48. The van der Waals surface area contributed by atoms with Gasteiger partial charge in [0, 0.05) is 24.0 Å². The highest BCUT2D eigenvalue weighted by Gasteiger charge is 2.20. The molecule has 2 heterocycles. The molecule has 134 valence electrons. The van der Waals surface area contributed by atoms with Gasteiger partial charge in [-0.15, -0.1) is 0 Å². The maximum atomic E-state index is 5.21. The quantitative estimate of drug-likeness (QED) is 0.740. The zero-order valence-corrected chi connectivity index (χ0v) is 15.2. The molecule has 0 unspecified atom stereocenters. The van der Waals surface area contributed by atoms with E-state index in [4.69, 9.17) is 4.74 Å². The maximum absolute atomic E-state index is 5.21. The lowest BCUT2D eigenvalue weighted by atomic mass is 9.89. The van der Waals surface area contributed by atoms with Crippen LogP contribution in [0.25, 0.3) is 11.4 Å². The third-order valence-corrected chi connectivity index (χ3v) is 5.24. The lowest BCUT2D eigenvalue weighted by Gasteiger charge is -2.31. The predicted octanol–water partition coefficient (Wildman–Crippen LogP) is 4.46. The number of piperidine rings is 1. The number of aromatic nitrogens is 2. The maximum Gasteiger partial charge on any atom is 0.137 e. The molecule has 1 aromatic heterocycles. The minimum absolute atomic E-state index is 0.698. The molecule has 0 amide bonds. The highest BCUT2D eigenvalue weighted by atomic mass is 16.5. The lowest BCUT2D eigenvalue weighted by molar-refractivity contribution is 0.203. The van der Waals surface area contributed by atoms with E-state index in [-0.39, 0.29) is 0 Å². The van der Waals surface area contributed by atoms with Crippen molar-refractivity contribution in [3.63, 3.8) is 0 Å². The first-order valence-corrected chi connectivity index (χ1v) is 9.27. The fraction of sp³-hybridized carbons (Fsp3) is 0.318. The molecule has 4 heteroatoms. The van der Waals surface area contributed by atoms with Crippen LogP contribution in [-0.2, 0) is 6.54 Å². The molecule has 1 aliphatic heterocycles. The molecular weight excluding hydrogens is 322 g/mol. The molecule has 4 rings (SSSR count). The average Bonchev–Trinajstić information content (AvgIpc) is 3.18. The summed E-state index contributed by atoms with van der Waals surface area (Å²) in [5.41, 5.74) is 3.74. The molecule has 26 heavy (non-hydrogen) atoms. The van der Waals surface area contributed by atoms with Gasteiger partial charge in [-0.25, -0.2) is 4.98 Å². The highest BCUT2D eigenvalue weighted by molar-refractivity contribution is 5.56. The minimum Gasteiger partial charge on any atom is -0.497 e. The van der Waals surface area contributed by atoms with Gasteiger partial charge in [-0.05, 0) is 61.7 Å². The summed E-state index contributed by atoms with van der Waals surface area (Å²) in [6.45, 7) is 3.21. The summed E-state index contributed by atoms with van der Waals surface area (Å²) in [7, 11) is 1.68. The fourth-order valence-corrected chi connectivity index (χ4v) is 3.73. The van der Waals surface area contributed by atoms with Gasteiger partial charge in [-0.2, -0.15) is 0 Å². The highest BCUT2D eigenvalue weighted by Crippen LogP contribution is 2.28. The Morgan fingerprint density at radius 3 is 2.46 bits per heavy atom. The lowest BCUT2D eigenvalue weighted by Crippen LogP contribution is -2.32. The number of likely N-dealkylation sites (tertiary alicyclic amines) is 1. The Kier molecular flexibility index (Phi) is 5.02. The van der Waals surface area contributed by atoms with Gasteiger partial charge in [0.15, 0.2) is 0 Å². The molecular formula is C22H25N3O. The summed E-state index contributed by atoms with van der Waals surface area (Å²) in [6.07, 6.45) is 4.41. The van der Waals surface area contributed by atoms with Gasteiger partial charge in [-0.1, -0.05) is 30.3 Å². The van der Waals surface area contributed by atoms with Crippen LogP contribution in [0.2, 0.25) is 0 Å². The number of hydrogen-bond donors (Lipinski definition) is 1. The Hall–Kier alpha value is -2.59. The van der Waals surface area contributed by atoms with E-state index >= 15 is 0 Å². The van der Waals surface area contributed by atoms with Crippen molar-refractivity contribution in [1.29, 1.82) is 0 Å². The Balaban J connectivity index is 1.35. The molecule has 0 spiro atoms. The number of aromatic amines is 1. The zero-order chi connectivity index (χ0) is 17.8. The second kappa shape index (κ2) is 7.75. The van der Waals surface area contributed by atoms with Gasteiger partial charge < -0.3 is 9.72 Å². The number of H-pyrrole nitrogens is 1. The number of rotatable bonds is 5. The van der Waals surface area contributed by atoms with Crippen molar-refractivity contribution in [1.82, 2.24) is 14.9 Å². The van der Waals surface area contributed by atoms with Gasteiger partial charge in [0.1, 0.15) is 11.6 Å². The molecule has 1 N–H and O–H groups in total. The second-order valence-corrected chi connectivity index (χ2v) is 6.95. The van der Waals surface area contributed by atoms with Gasteiger partial charge in [0.25, 0.3) is 0 Å². The Bertz CT molecular complexity index is 818. The topological polar surface area (TPSA) is 41.1 Å². The fourth-order valence-electron chi connectivity index (χ4n) is 3.73. The van der Waals surface area contributed by atoms with E-state index in [1.165, 1.54) is 24.1 Å². The normalized spacial score (nSPS) is 15.9. The van der Waals surface area contributed by atoms with E-state index in [9.17, 15) is 0 Å². The van der Waals surface area contributed by atoms with Crippen molar-refractivity contribution in [3.05, 3.63) is 72.1 Å². The van der Waals surface area contributed by atoms with Gasteiger partial charge in [0.2, 0.25) is 0 Å². The standard InChI is InChI=1S/C22H25N3O/c1-26-21-9-7-19(8-10-21)22-23-15-20(24-22)16-25-13-11-18(12-14-25)17-5-3-2-4-6-17/h2-10,15,18H,11-14,16H2,1H3,(H,23,24). The molecule has 1 aliphatic rings. The molecule has 2 aromatic carbocycles. The third-order valence-electron chi connectivity index (χ3n) is 5.24. The first-order chi connectivity index (χ1) is 12.8. The van der Waals surface area contributed by atoms with E-state index in [0.29, 0.717) is 5.92 Å². The van der Waals surface area contributed by atoms with E-state index < -0.39 is 0 Å². The number of nitrogens with one attached hydrogen (secondary N) is 1. The van der Waals surface area contributed by atoms with Crippen molar-refractivity contribution < 1.29 is 4.74 Å². The smallest absolute Gasteiger partial charge is 0.137 e.